The first-order valence-electron chi connectivity index (χ1n) is 8.83. The van der Waals surface area contributed by atoms with E-state index in [1.54, 1.807) is 16.0 Å². The molecule has 1 aromatic rings. The van der Waals surface area contributed by atoms with Crippen LogP contribution in [0.3, 0.4) is 0 Å². The number of carbonyl (C=O) groups excluding carboxylic acids is 3. The average molecular weight is 362 g/mol. The molecule has 2 saturated heterocycles. The Morgan fingerprint density at radius 3 is 2.73 bits per heavy atom. The molecule has 10 nitrogen and oxygen atoms in total. The number of nitrogens with zero attached hydrogens (tertiary/aromatic N) is 5. The smallest absolute Gasteiger partial charge is 0.323 e. The van der Waals surface area contributed by atoms with Gasteiger partial charge in [-0.05, 0) is 12.8 Å². The number of hydrogen-bond donors (Lipinski definition) is 1. The summed E-state index contributed by atoms with van der Waals surface area (Å²) in [5.41, 5.74) is 0.502. The largest absolute Gasteiger partial charge is 0.378 e. The van der Waals surface area contributed by atoms with Gasteiger partial charge in [0.1, 0.15) is 13.1 Å². The van der Waals surface area contributed by atoms with Crippen LogP contribution in [0, 0.1) is 0 Å². The first-order chi connectivity index (χ1) is 12.6. The molecule has 2 aliphatic heterocycles. The van der Waals surface area contributed by atoms with Crippen molar-refractivity contribution in [2.45, 2.75) is 25.4 Å². The van der Waals surface area contributed by atoms with E-state index in [0.717, 1.165) is 12.8 Å². The molecule has 0 spiro atoms. The number of anilines is 1. The van der Waals surface area contributed by atoms with E-state index >= 15 is 0 Å². The molecule has 4 amide bonds. The lowest BCUT2D eigenvalue weighted by atomic mass is 10.4. The van der Waals surface area contributed by atoms with Crippen LogP contribution in [0.1, 0.15) is 12.8 Å². The van der Waals surface area contributed by atoms with Gasteiger partial charge in [0.25, 0.3) is 0 Å². The van der Waals surface area contributed by atoms with Gasteiger partial charge in [0.2, 0.25) is 11.8 Å². The van der Waals surface area contributed by atoms with Crippen molar-refractivity contribution in [2.24, 2.45) is 0 Å². The van der Waals surface area contributed by atoms with Crippen LogP contribution in [-0.2, 0) is 20.9 Å². The van der Waals surface area contributed by atoms with Gasteiger partial charge in [-0.1, -0.05) is 0 Å². The molecular weight excluding hydrogens is 340 g/mol. The van der Waals surface area contributed by atoms with Crippen LogP contribution in [0.5, 0.6) is 0 Å². The van der Waals surface area contributed by atoms with E-state index in [2.05, 4.69) is 10.4 Å². The lowest BCUT2D eigenvalue weighted by molar-refractivity contribution is -0.136. The predicted molar refractivity (Wildman–Crippen MR) is 90.1 cm³/mol. The summed E-state index contributed by atoms with van der Waals surface area (Å²) in [7, 11) is 0. The summed E-state index contributed by atoms with van der Waals surface area (Å²) in [4.78, 5) is 41.5. The molecule has 0 atom stereocenters. The summed E-state index contributed by atoms with van der Waals surface area (Å²) in [6, 6.07) is -0.0326. The van der Waals surface area contributed by atoms with Crippen LogP contribution in [0.25, 0.3) is 0 Å². The Balaban J connectivity index is 1.29. The number of morpholine rings is 1. The van der Waals surface area contributed by atoms with E-state index in [9.17, 15) is 14.4 Å². The normalized spacial score (nSPS) is 20.6. The van der Waals surface area contributed by atoms with Crippen LogP contribution < -0.4 is 5.32 Å². The Morgan fingerprint density at radius 1 is 1.23 bits per heavy atom. The molecule has 4 rings (SSSR count). The molecule has 3 fully saturated rings. The number of ether oxygens (including phenoxy) is 1. The zero-order chi connectivity index (χ0) is 18.1. The predicted octanol–water partition coefficient (Wildman–Crippen LogP) is -0.462. The molecule has 1 N–H and O–H groups in total. The maximum atomic E-state index is 12.3. The van der Waals surface area contributed by atoms with Crippen molar-refractivity contribution in [3.05, 3.63) is 12.4 Å². The average Bonchev–Trinajstić information content (AvgIpc) is 3.28. The van der Waals surface area contributed by atoms with Crippen molar-refractivity contribution in [3.8, 4) is 0 Å². The highest BCUT2D eigenvalue weighted by atomic mass is 16.5. The van der Waals surface area contributed by atoms with E-state index in [0.29, 0.717) is 44.7 Å². The van der Waals surface area contributed by atoms with Crippen molar-refractivity contribution in [1.82, 2.24) is 24.5 Å². The van der Waals surface area contributed by atoms with Crippen LogP contribution in [0.2, 0.25) is 0 Å². The maximum absolute atomic E-state index is 12.3. The zero-order valence-electron chi connectivity index (χ0n) is 14.5. The van der Waals surface area contributed by atoms with Crippen LogP contribution in [-0.4, -0.2) is 87.9 Å². The molecule has 3 heterocycles. The molecule has 10 heteroatoms. The zero-order valence-corrected chi connectivity index (χ0v) is 14.5. The molecule has 26 heavy (non-hydrogen) atoms. The Labute approximate surface area is 150 Å². The summed E-state index contributed by atoms with van der Waals surface area (Å²) in [6.07, 6.45) is 5.16. The molecule has 1 aliphatic carbocycles. The van der Waals surface area contributed by atoms with Crippen molar-refractivity contribution in [1.29, 1.82) is 0 Å². The summed E-state index contributed by atoms with van der Waals surface area (Å²) in [5.74, 6) is -0.0334. The molecular formula is C16H22N6O4. The summed E-state index contributed by atoms with van der Waals surface area (Å²) < 4.78 is 6.73. The van der Waals surface area contributed by atoms with Crippen molar-refractivity contribution >= 4 is 23.5 Å². The molecule has 0 unspecified atom stereocenters. The number of urea groups is 1. The summed E-state index contributed by atoms with van der Waals surface area (Å²) in [5, 5.41) is 6.86. The number of amides is 4. The standard InChI is InChI=1S/C16H22N6O4/c23-14(19-3-5-26-6-4-19)10-21-8-12(7-17-21)18-16(25)20-9-15(24)22(11-20)13-1-2-13/h7-8,13H,1-6,9-11H2,(H,18,25). The van der Waals surface area contributed by atoms with E-state index in [1.165, 1.54) is 15.8 Å². The lowest BCUT2D eigenvalue weighted by Crippen LogP contribution is -2.42. The monoisotopic (exact) mass is 362 g/mol. The van der Waals surface area contributed by atoms with E-state index in [1.807, 2.05) is 0 Å². The number of hydrogen-bond acceptors (Lipinski definition) is 5. The van der Waals surface area contributed by atoms with Gasteiger partial charge >= 0.3 is 6.03 Å². The Morgan fingerprint density at radius 2 is 2.00 bits per heavy atom. The number of nitrogens with one attached hydrogen (secondary N) is 1. The van der Waals surface area contributed by atoms with Gasteiger partial charge < -0.3 is 19.9 Å². The van der Waals surface area contributed by atoms with E-state index in [-0.39, 0.29) is 30.9 Å². The van der Waals surface area contributed by atoms with Gasteiger partial charge in [-0.25, -0.2) is 4.79 Å². The maximum Gasteiger partial charge on any atom is 0.323 e. The first kappa shape index (κ1) is 16.8. The first-order valence-corrected chi connectivity index (χ1v) is 8.83. The molecule has 0 aromatic carbocycles. The quantitative estimate of drug-likeness (QED) is 0.781. The number of carbonyl (C=O) groups is 3. The Bertz CT molecular complexity index is 709. The lowest BCUT2D eigenvalue weighted by Gasteiger charge is -2.26. The second-order valence-electron chi connectivity index (χ2n) is 6.78. The molecule has 1 saturated carbocycles. The summed E-state index contributed by atoms with van der Waals surface area (Å²) >= 11 is 0. The van der Waals surface area contributed by atoms with Gasteiger partial charge in [0.05, 0.1) is 31.8 Å². The fraction of sp³-hybridized carbons (Fsp3) is 0.625. The van der Waals surface area contributed by atoms with Gasteiger partial charge in [0.15, 0.2) is 0 Å². The minimum absolute atomic E-state index is 0.00514. The molecule has 140 valence electrons. The minimum atomic E-state index is -0.333. The third-order valence-electron chi connectivity index (χ3n) is 4.79. The van der Waals surface area contributed by atoms with Crippen molar-refractivity contribution < 1.29 is 19.1 Å². The molecule has 0 bridgehead atoms. The third kappa shape index (κ3) is 3.64. The minimum Gasteiger partial charge on any atom is -0.378 e. The molecule has 0 radical (unpaired) electrons. The SMILES string of the molecule is O=C(Cn1cc(NC(=O)N2CC(=O)N(C3CC3)C2)cn1)N1CCOCC1. The molecule has 1 aromatic heterocycles. The van der Waals surface area contributed by atoms with Crippen molar-refractivity contribution in [3.63, 3.8) is 0 Å². The van der Waals surface area contributed by atoms with Gasteiger partial charge in [0, 0.05) is 25.3 Å². The van der Waals surface area contributed by atoms with Gasteiger partial charge in [-0.2, -0.15) is 5.10 Å². The van der Waals surface area contributed by atoms with Crippen LogP contribution in [0.4, 0.5) is 10.5 Å². The van der Waals surface area contributed by atoms with Gasteiger partial charge in [-0.15, -0.1) is 0 Å². The van der Waals surface area contributed by atoms with Crippen LogP contribution >= 0.6 is 0 Å². The third-order valence-corrected chi connectivity index (χ3v) is 4.79. The topological polar surface area (TPSA) is 100 Å². The Hall–Kier alpha value is -2.62. The van der Waals surface area contributed by atoms with Crippen LogP contribution in [0.15, 0.2) is 12.4 Å². The van der Waals surface area contributed by atoms with E-state index < -0.39 is 0 Å². The highest BCUT2D eigenvalue weighted by Gasteiger charge is 2.39. The summed E-state index contributed by atoms with van der Waals surface area (Å²) in [6.45, 7) is 2.84. The number of aromatic nitrogens is 2. The van der Waals surface area contributed by atoms with Crippen molar-refractivity contribution in [2.75, 3.05) is 44.8 Å². The van der Waals surface area contributed by atoms with Gasteiger partial charge in [-0.3, -0.25) is 19.2 Å². The number of rotatable bonds is 4. The second-order valence-corrected chi connectivity index (χ2v) is 6.78. The fourth-order valence-electron chi connectivity index (χ4n) is 3.18. The highest BCUT2D eigenvalue weighted by molar-refractivity contribution is 5.94. The Kier molecular flexibility index (Phi) is 4.49. The fourth-order valence-corrected chi connectivity index (χ4v) is 3.18. The van der Waals surface area contributed by atoms with E-state index in [4.69, 9.17) is 4.74 Å². The second kappa shape index (κ2) is 6.94. The highest BCUT2D eigenvalue weighted by Crippen LogP contribution is 2.29. The molecule has 3 aliphatic rings.